The SMILES string of the molecule is CO[C@@H]1CCN(c2cc3c4c(c2)nc(-c2ccc5oc(N)nc5c2)n4CCCCO3)[C@@H]1C(N)=O. The van der Waals surface area contributed by atoms with Gasteiger partial charge in [-0.3, -0.25) is 4.79 Å². The van der Waals surface area contributed by atoms with Crippen LogP contribution in [-0.2, 0) is 16.1 Å². The van der Waals surface area contributed by atoms with Crippen molar-refractivity contribution in [3.63, 3.8) is 0 Å². The van der Waals surface area contributed by atoms with Crippen LogP contribution in [0.25, 0.3) is 33.5 Å². The van der Waals surface area contributed by atoms with Crippen molar-refractivity contribution in [2.24, 2.45) is 5.73 Å². The van der Waals surface area contributed by atoms with Crippen LogP contribution in [0.15, 0.2) is 34.7 Å². The predicted octanol–water partition coefficient (Wildman–Crippen LogP) is 2.68. The minimum Gasteiger partial charge on any atom is -0.491 e. The Hall–Kier alpha value is -3.79. The van der Waals surface area contributed by atoms with Crippen LogP contribution in [0.1, 0.15) is 19.3 Å². The van der Waals surface area contributed by atoms with Gasteiger partial charge in [-0.2, -0.15) is 4.98 Å². The maximum Gasteiger partial charge on any atom is 0.292 e. The van der Waals surface area contributed by atoms with Gasteiger partial charge >= 0.3 is 0 Å². The van der Waals surface area contributed by atoms with Gasteiger partial charge in [0.2, 0.25) is 5.91 Å². The van der Waals surface area contributed by atoms with Gasteiger partial charge in [-0.1, -0.05) is 0 Å². The molecule has 4 aromatic rings. The summed E-state index contributed by atoms with van der Waals surface area (Å²) in [5.41, 5.74) is 16.3. The quantitative estimate of drug-likeness (QED) is 0.473. The van der Waals surface area contributed by atoms with E-state index in [1.807, 2.05) is 35.2 Å². The number of fused-ring (bicyclic) bond motifs is 1. The zero-order valence-electron chi connectivity index (χ0n) is 18.9. The number of methoxy groups -OCH3 is 1. The highest BCUT2D eigenvalue weighted by Crippen LogP contribution is 2.39. The molecule has 4 heterocycles. The number of aromatic nitrogens is 3. The number of ether oxygens (including phenoxy) is 2. The number of carbonyl (C=O) groups is 1. The van der Waals surface area contributed by atoms with E-state index in [4.69, 9.17) is 30.3 Å². The number of benzene rings is 2. The van der Waals surface area contributed by atoms with Crippen molar-refractivity contribution in [3.05, 3.63) is 30.3 Å². The summed E-state index contributed by atoms with van der Waals surface area (Å²) in [5, 5.41) is 0. The van der Waals surface area contributed by atoms with E-state index in [9.17, 15) is 4.79 Å². The number of hydrogen-bond donors (Lipinski definition) is 2. The molecule has 0 bridgehead atoms. The summed E-state index contributed by atoms with van der Waals surface area (Å²) in [7, 11) is 1.61. The van der Waals surface area contributed by atoms with Crippen molar-refractivity contribution < 1.29 is 18.7 Å². The summed E-state index contributed by atoms with van der Waals surface area (Å²) >= 11 is 0. The van der Waals surface area contributed by atoms with E-state index in [-0.39, 0.29) is 12.1 Å². The molecule has 0 unspecified atom stereocenters. The van der Waals surface area contributed by atoms with Gasteiger partial charge in [-0.05, 0) is 43.5 Å². The standard InChI is InChI=1S/C24H26N6O4/c1-32-18-6-8-29(21(18)22(25)31)14-11-16-20-19(12-14)33-9-3-2-7-30(20)23(27-16)13-4-5-17-15(10-13)28-24(26)34-17/h4-5,10-12,18,21H,2-3,6-9H2,1H3,(H2,25,31)(H2,26,28)/t18-,21+/m1/s1. The number of primary amides is 1. The first-order valence-electron chi connectivity index (χ1n) is 11.5. The molecule has 6 rings (SSSR count). The Morgan fingerprint density at radius 3 is 2.85 bits per heavy atom. The topological polar surface area (TPSA) is 135 Å². The number of rotatable bonds is 4. The van der Waals surface area contributed by atoms with Gasteiger partial charge < -0.3 is 34.8 Å². The van der Waals surface area contributed by atoms with Crippen LogP contribution >= 0.6 is 0 Å². The Kier molecular flexibility index (Phi) is 4.84. The zero-order chi connectivity index (χ0) is 23.4. The minimum atomic E-state index is -0.537. The normalized spacial score (nSPS) is 20.4. The van der Waals surface area contributed by atoms with Crippen LogP contribution in [0, 0.1) is 0 Å². The van der Waals surface area contributed by atoms with Gasteiger partial charge in [0.1, 0.15) is 28.6 Å². The van der Waals surface area contributed by atoms with Crippen LogP contribution in [0.4, 0.5) is 11.7 Å². The van der Waals surface area contributed by atoms with Crippen LogP contribution in [0.3, 0.4) is 0 Å². The van der Waals surface area contributed by atoms with E-state index in [0.29, 0.717) is 24.3 Å². The molecule has 1 saturated heterocycles. The molecule has 2 aromatic heterocycles. The van der Waals surface area contributed by atoms with Gasteiger partial charge in [0.25, 0.3) is 6.01 Å². The largest absolute Gasteiger partial charge is 0.491 e. The van der Waals surface area contributed by atoms with Crippen molar-refractivity contribution in [1.82, 2.24) is 14.5 Å². The van der Waals surface area contributed by atoms with Crippen molar-refractivity contribution in [2.75, 3.05) is 30.9 Å². The van der Waals surface area contributed by atoms with Crippen LogP contribution in [-0.4, -0.2) is 52.8 Å². The summed E-state index contributed by atoms with van der Waals surface area (Å²) in [6, 6.07) is 9.36. The maximum absolute atomic E-state index is 12.3. The Labute approximate surface area is 195 Å². The van der Waals surface area contributed by atoms with E-state index in [1.54, 1.807) is 7.11 Å². The molecule has 2 atom stereocenters. The lowest BCUT2D eigenvalue weighted by Crippen LogP contribution is -2.46. The highest BCUT2D eigenvalue weighted by Gasteiger charge is 2.39. The first-order chi connectivity index (χ1) is 16.5. The number of aryl methyl sites for hydroxylation is 1. The number of nitrogens with zero attached hydrogens (tertiary/aromatic N) is 4. The number of amides is 1. The highest BCUT2D eigenvalue weighted by atomic mass is 16.5. The average molecular weight is 463 g/mol. The second-order valence-corrected chi connectivity index (χ2v) is 8.79. The highest BCUT2D eigenvalue weighted by molar-refractivity contribution is 5.92. The number of anilines is 2. The minimum absolute atomic E-state index is 0.138. The lowest BCUT2D eigenvalue weighted by molar-refractivity contribution is -0.121. The predicted molar refractivity (Wildman–Crippen MR) is 128 cm³/mol. The van der Waals surface area contributed by atoms with Crippen LogP contribution in [0.5, 0.6) is 5.75 Å². The van der Waals surface area contributed by atoms with Crippen molar-refractivity contribution in [3.8, 4) is 17.1 Å². The smallest absolute Gasteiger partial charge is 0.292 e. The molecule has 4 N–H and O–H groups in total. The first-order valence-corrected chi connectivity index (χ1v) is 11.5. The lowest BCUT2D eigenvalue weighted by Gasteiger charge is -2.27. The Balaban J connectivity index is 1.52. The second-order valence-electron chi connectivity index (χ2n) is 8.79. The summed E-state index contributed by atoms with van der Waals surface area (Å²) in [6.07, 6.45) is 2.38. The molecule has 1 amide bonds. The monoisotopic (exact) mass is 462 g/mol. The number of imidazole rings is 1. The van der Waals surface area contributed by atoms with E-state index in [2.05, 4.69) is 9.55 Å². The lowest BCUT2D eigenvalue weighted by atomic mass is 10.1. The molecule has 2 aliphatic rings. The molecule has 2 aliphatic heterocycles. The first kappa shape index (κ1) is 20.8. The number of hydrogen-bond acceptors (Lipinski definition) is 8. The molecular formula is C24H26N6O4. The van der Waals surface area contributed by atoms with Gasteiger partial charge in [0.15, 0.2) is 5.58 Å². The van der Waals surface area contributed by atoms with E-state index < -0.39 is 11.9 Å². The third-order valence-corrected chi connectivity index (χ3v) is 6.76. The Morgan fingerprint density at radius 2 is 2.03 bits per heavy atom. The molecule has 10 nitrogen and oxygen atoms in total. The Morgan fingerprint density at radius 1 is 1.15 bits per heavy atom. The van der Waals surface area contributed by atoms with E-state index in [1.165, 1.54) is 0 Å². The van der Waals surface area contributed by atoms with Crippen molar-refractivity contribution in [1.29, 1.82) is 0 Å². The number of nitrogen functional groups attached to an aromatic ring is 1. The van der Waals surface area contributed by atoms with Gasteiger partial charge in [-0.15, -0.1) is 0 Å². The molecule has 176 valence electrons. The van der Waals surface area contributed by atoms with Gasteiger partial charge in [0.05, 0.1) is 18.2 Å². The fraction of sp³-hybridized carbons (Fsp3) is 0.375. The molecule has 0 aliphatic carbocycles. The molecule has 34 heavy (non-hydrogen) atoms. The van der Waals surface area contributed by atoms with E-state index in [0.717, 1.165) is 59.7 Å². The van der Waals surface area contributed by atoms with Crippen LogP contribution < -0.4 is 21.1 Å². The molecule has 1 fully saturated rings. The summed E-state index contributed by atoms with van der Waals surface area (Å²) in [6.45, 7) is 2.11. The molecule has 0 radical (unpaired) electrons. The second kappa shape index (κ2) is 7.91. The van der Waals surface area contributed by atoms with Crippen LogP contribution in [0.2, 0.25) is 0 Å². The van der Waals surface area contributed by atoms with E-state index >= 15 is 0 Å². The third-order valence-electron chi connectivity index (χ3n) is 6.76. The number of nitrogens with two attached hydrogens (primary N) is 2. The Bertz CT molecular complexity index is 1410. The molecule has 0 saturated carbocycles. The maximum atomic E-state index is 12.3. The van der Waals surface area contributed by atoms with Gasteiger partial charge in [-0.25, -0.2) is 4.98 Å². The van der Waals surface area contributed by atoms with Crippen molar-refractivity contribution in [2.45, 2.75) is 38.0 Å². The molecule has 2 aromatic carbocycles. The number of carbonyl (C=O) groups excluding carboxylic acids is 1. The summed E-state index contributed by atoms with van der Waals surface area (Å²) in [4.78, 5) is 23.5. The average Bonchev–Trinajstić information content (AvgIpc) is 3.49. The summed E-state index contributed by atoms with van der Waals surface area (Å²) < 4.78 is 19.4. The summed E-state index contributed by atoms with van der Waals surface area (Å²) in [5.74, 6) is 1.17. The molecular weight excluding hydrogens is 436 g/mol. The number of oxazole rings is 1. The molecule has 10 heteroatoms. The fourth-order valence-electron chi connectivity index (χ4n) is 5.21. The zero-order valence-corrected chi connectivity index (χ0v) is 18.9. The molecule has 0 spiro atoms. The fourth-order valence-corrected chi connectivity index (χ4v) is 5.21. The van der Waals surface area contributed by atoms with Gasteiger partial charge in [0, 0.05) is 37.5 Å². The van der Waals surface area contributed by atoms with Crippen molar-refractivity contribution >= 4 is 39.7 Å². The third kappa shape index (κ3) is 3.25.